The van der Waals surface area contributed by atoms with Gasteiger partial charge in [0.05, 0.1) is 21.3 Å². The Balaban J connectivity index is 1.74. The lowest BCUT2D eigenvalue weighted by Gasteiger charge is -2.12. The van der Waals surface area contributed by atoms with Gasteiger partial charge in [0.1, 0.15) is 0 Å². The highest BCUT2D eigenvalue weighted by molar-refractivity contribution is 7.92. The maximum Gasteiger partial charge on any atom is 0.261 e. The molecular weight excluding hydrogens is 364 g/mol. The van der Waals surface area contributed by atoms with Crippen LogP contribution in [0.3, 0.4) is 0 Å². The number of aromatic nitrogens is 1. The third-order valence-corrected chi connectivity index (χ3v) is 6.23. The molecule has 3 aromatic carbocycles. The van der Waals surface area contributed by atoms with Gasteiger partial charge in [-0.1, -0.05) is 48.5 Å². The van der Waals surface area contributed by atoms with Gasteiger partial charge >= 0.3 is 0 Å². The van der Waals surface area contributed by atoms with Crippen LogP contribution in [0.25, 0.3) is 22.0 Å². The lowest BCUT2D eigenvalue weighted by molar-refractivity contribution is 0.601. The van der Waals surface area contributed by atoms with E-state index in [2.05, 4.69) is 9.71 Å². The number of benzene rings is 3. The van der Waals surface area contributed by atoms with Crippen molar-refractivity contribution in [2.75, 3.05) is 4.72 Å². The van der Waals surface area contributed by atoms with Crippen molar-refractivity contribution in [2.45, 2.75) is 11.8 Å². The molecule has 0 saturated heterocycles. The second-order valence-corrected chi connectivity index (χ2v) is 8.66. The number of sulfonamides is 1. The van der Waals surface area contributed by atoms with Crippen molar-refractivity contribution in [1.29, 1.82) is 0 Å². The highest BCUT2D eigenvalue weighted by Crippen LogP contribution is 2.30. The average molecular weight is 380 g/mol. The number of fused-ring (bicyclic) bond motifs is 1. The Morgan fingerprint density at radius 2 is 1.65 bits per heavy atom. The molecule has 0 aliphatic rings. The minimum Gasteiger partial charge on any atom is -0.279 e. The highest BCUT2D eigenvalue weighted by atomic mass is 32.2. The highest BCUT2D eigenvalue weighted by Gasteiger charge is 2.17. The molecule has 0 fully saturated rings. The summed E-state index contributed by atoms with van der Waals surface area (Å²) in [7, 11) is -3.70. The Labute approximate surface area is 156 Å². The van der Waals surface area contributed by atoms with Crippen LogP contribution < -0.4 is 4.72 Å². The number of hydrogen-bond donors (Lipinski definition) is 1. The number of anilines is 1. The van der Waals surface area contributed by atoms with E-state index in [9.17, 15) is 8.42 Å². The number of thiazole rings is 1. The summed E-state index contributed by atoms with van der Waals surface area (Å²) >= 11 is 1.54. The van der Waals surface area contributed by atoms with Crippen LogP contribution in [0.1, 0.15) is 5.01 Å². The Morgan fingerprint density at radius 1 is 0.923 bits per heavy atom. The van der Waals surface area contributed by atoms with Crippen LogP contribution in [0.4, 0.5) is 5.69 Å². The van der Waals surface area contributed by atoms with E-state index in [4.69, 9.17) is 0 Å². The zero-order chi connectivity index (χ0) is 18.1. The molecule has 0 unspecified atom stereocenters. The molecule has 4 nitrogen and oxygen atoms in total. The smallest absolute Gasteiger partial charge is 0.261 e. The molecule has 0 aliphatic heterocycles. The molecule has 0 spiro atoms. The summed E-state index contributed by atoms with van der Waals surface area (Å²) < 4.78 is 28.5. The van der Waals surface area contributed by atoms with Gasteiger partial charge in [0.15, 0.2) is 0 Å². The van der Waals surface area contributed by atoms with E-state index in [0.717, 1.165) is 27.0 Å². The molecule has 0 saturated carbocycles. The summed E-state index contributed by atoms with van der Waals surface area (Å²) in [5.41, 5.74) is 2.05. The van der Waals surface area contributed by atoms with E-state index in [-0.39, 0.29) is 4.90 Å². The summed E-state index contributed by atoms with van der Waals surface area (Å²) in [6.45, 7) is 1.93. The zero-order valence-corrected chi connectivity index (χ0v) is 15.6. The molecule has 26 heavy (non-hydrogen) atoms. The Morgan fingerprint density at radius 3 is 2.42 bits per heavy atom. The third-order valence-electron chi connectivity index (χ3n) is 4.10. The standard InChI is InChI=1S/C20H16N2O2S2/c1-14-21-20(13-25-14)18-8-4-5-9-19(18)22-26(23,24)17-11-10-15-6-2-3-7-16(15)12-17/h2-13,22H,1H3. The van der Waals surface area contributed by atoms with Crippen LogP contribution in [0, 0.1) is 6.92 Å². The predicted molar refractivity (Wildman–Crippen MR) is 107 cm³/mol. The number of hydrogen-bond acceptors (Lipinski definition) is 4. The fourth-order valence-corrected chi connectivity index (χ4v) is 4.55. The maximum atomic E-state index is 12.9. The summed E-state index contributed by atoms with van der Waals surface area (Å²) in [6.07, 6.45) is 0. The van der Waals surface area contributed by atoms with Crippen molar-refractivity contribution in [1.82, 2.24) is 4.98 Å². The fraction of sp³-hybridized carbons (Fsp3) is 0.0500. The molecule has 0 amide bonds. The van der Waals surface area contributed by atoms with Gasteiger partial charge < -0.3 is 0 Å². The van der Waals surface area contributed by atoms with Crippen molar-refractivity contribution in [2.24, 2.45) is 0 Å². The maximum absolute atomic E-state index is 12.9. The van der Waals surface area contributed by atoms with E-state index in [1.54, 1.807) is 24.3 Å². The lowest BCUT2D eigenvalue weighted by atomic mass is 10.1. The molecule has 4 rings (SSSR count). The topological polar surface area (TPSA) is 59.1 Å². The molecule has 0 bridgehead atoms. The number of para-hydroxylation sites is 1. The summed E-state index contributed by atoms with van der Waals surface area (Å²) in [6, 6.07) is 20.1. The van der Waals surface area contributed by atoms with Crippen LogP contribution in [0.2, 0.25) is 0 Å². The fourth-order valence-electron chi connectivity index (χ4n) is 2.82. The van der Waals surface area contributed by atoms with E-state index < -0.39 is 10.0 Å². The van der Waals surface area contributed by atoms with E-state index >= 15 is 0 Å². The van der Waals surface area contributed by atoms with Crippen LogP contribution in [0.5, 0.6) is 0 Å². The normalized spacial score (nSPS) is 11.6. The Kier molecular flexibility index (Phi) is 4.22. The molecule has 4 aromatic rings. The van der Waals surface area contributed by atoms with Gasteiger partial charge in [0.2, 0.25) is 0 Å². The number of aryl methyl sites for hydroxylation is 1. The van der Waals surface area contributed by atoms with Crippen molar-refractivity contribution >= 4 is 37.8 Å². The largest absolute Gasteiger partial charge is 0.279 e. The van der Waals surface area contributed by atoms with E-state index in [1.807, 2.05) is 54.8 Å². The Bertz CT molecular complexity index is 1200. The van der Waals surface area contributed by atoms with Crippen molar-refractivity contribution in [3.8, 4) is 11.3 Å². The van der Waals surface area contributed by atoms with Gasteiger partial charge in [-0.3, -0.25) is 4.72 Å². The van der Waals surface area contributed by atoms with E-state index in [0.29, 0.717) is 5.69 Å². The number of nitrogens with one attached hydrogen (secondary N) is 1. The summed E-state index contributed by atoms with van der Waals surface area (Å²) in [4.78, 5) is 4.71. The SMILES string of the molecule is Cc1nc(-c2ccccc2NS(=O)(=O)c2ccc3ccccc3c2)cs1. The molecule has 1 N–H and O–H groups in total. The Hall–Kier alpha value is -2.70. The summed E-state index contributed by atoms with van der Waals surface area (Å²) in [5, 5.41) is 4.76. The molecular formula is C20H16N2O2S2. The average Bonchev–Trinajstić information content (AvgIpc) is 3.07. The quantitative estimate of drug-likeness (QED) is 0.537. The van der Waals surface area contributed by atoms with Gasteiger partial charge in [-0.25, -0.2) is 13.4 Å². The van der Waals surface area contributed by atoms with Crippen molar-refractivity contribution in [3.05, 3.63) is 77.1 Å². The molecule has 6 heteroatoms. The number of nitrogens with zero attached hydrogens (tertiary/aromatic N) is 1. The van der Waals surface area contributed by atoms with Crippen LogP contribution in [-0.2, 0) is 10.0 Å². The minimum atomic E-state index is -3.70. The van der Waals surface area contributed by atoms with Gasteiger partial charge in [-0.05, 0) is 35.9 Å². The van der Waals surface area contributed by atoms with Gasteiger partial charge in [-0.2, -0.15) is 0 Å². The third kappa shape index (κ3) is 3.21. The lowest BCUT2D eigenvalue weighted by Crippen LogP contribution is -2.13. The first-order valence-electron chi connectivity index (χ1n) is 8.06. The molecule has 0 radical (unpaired) electrons. The molecule has 130 valence electrons. The van der Waals surface area contributed by atoms with E-state index in [1.165, 1.54) is 11.3 Å². The molecule has 0 aliphatic carbocycles. The van der Waals surface area contributed by atoms with Gasteiger partial charge in [-0.15, -0.1) is 11.3 Å². The molecule has 0 atom stereocenters. The van der Waals surface area contributed by atoms with Crippen LogP contribution >= 0.6 is 11.3 Å². The van der Waals surface area contributed by atoms with Gasteiger partial charge in [0.25, 0.3) is 10.0 Å². The zero-order valence-electron chi connectivity index (χ0n) is 14.0. The minimum absolute atomic E-state index is 0.237. The van der Waals surface area contributed by atoms with Gasteiger partial charge in [0, 0.05) is 10.9 Å². The first-order chi connectivity index (χ1) is 12.5. The summed E-state index contributed by atoms with van der Waals surface area (Å²) in [5.74, 6) is 0. The van der Waals surface area contributed by atoms with Crippen LogP contribution in [-0.4, -0.2) is 13.4 Å². The second kappa shape index (κ2) is 6.55. The first-order valence-corrected chi connectivity index (χ1v) is 10.4. The monoisotopic (exact) mass is 380 g/mol. The second-order valence-electron chi connectivity index (χ2n) is 5.91. The first kappa shape index (κ1) is 16.8. The van der Waals surface area contributed by atoms with Crippen LogP contribution in [0.15, 0.2) is 77.0 Å². The predicted octanol–water partition coefficient (Wildman–Crippen LogP) is 5.07. The molecule has 1 aromatic heterocycles. The van der Waals surface area contributed by atoms with Crippen molar-refractivity contribution in [3.63, 3.8) is 0 Å². The molecule has 1 heterocycles. The number of rotatable bonds is 4. The van der Waals surface area contributed by atoms with Crippen molar-refractivity contribution < 1.29 is 8.42 Å².